The highest BCUT2D eigenvalue weighted by Gasteiger charge is 2.22. The SMILES string of the molecule is CC.CC.NC(=O)C[C@H](NC(=O)c1ccccc1)C(=O)O. The van der Waals surface area contributed by atoms with Crippen LogP contribution in [0.4, 0.5) is 0 Å². The molecule has 1 atom stereocenters. The minimum absolute atomic E-state index is 0.322. The van der Waals surface area contributed by atoms with Crippen LogP contribution in [0.25, 0.3) is 0 Å². The van der Waals surface area contributed by atoms with Gasteiger partial charge in [0.05, 0.1) is 6.42 Å². The number of carboxylic acid groups (broad SMARTS) is 1. The van der Waals surface area contributed by atoms with Crippen LogP contribution in [0.15, 0.2) is 30.3 Å². The van der Waals surface area contributed by atoms with Crippen molar-refractivity contribution in [2.24, 2.45) is 5.73 Å². The van der Waals surface area contributed by atoms with Gasteiger partial charge >= 0.3 is 5.97 Å². The number of amides is 2. The first-order chi connectivity index (χ1) is 10.0. The van der Waals surface area contributed by atoms with Crippen LogP contribution < -0.4 is 11.1 Å². The molecule has 0 radical (unpaired) electrons. The molecule has 1 rings (SSSR count). The zero-order valence-corrected chi connectivity index (χ0v) is 12.9. The minimum atomic E-state index is -1.31. The van der Waals surface area contributed by atoms with Gasteiger partial charge in [-0.1, -0.05) is 45.9 Å². The molecule has 0 saturated heterocycles. The highest BCUT2D eigenvalue weighted by Crippen LogP contribution is 2.00. The molecule has 21 heavy (non-hydrogen) atoms. The molecular formula is C15H24N2O4. The third-order valence-electron chi connectivity index (χ3n) is 2.04. The van der Waals surface area contributed by atoms with Crippen LogP contribution in [0.2, 0.25) is 0 Å². The van der Waals surface area contributed by atoms with Gasteiger partial charge in [0, 0.05) is 5.56 Å². The van der Waals surface area contributed by atoms with Gasteiger partial charge in [-0.2, -0.15) is 0 Å². The maximum absolute atomic E-state index is 11.6. The molecule has 0 fully saturated rings. The van der Waals surface area contributed by atoms with Gasteiger partial charge in [-0.15, -0.1) is 0 Å². The fourth-order valence-electron chi connectivity index (χ4n) is 1.23. The molecule has 6 nitrogen and oxygen atoms in total. The van der Waals surface area contributed by atoms with E-state index in [1.54, 1.807) is 30.3 Å². The first-order valence-electron chi connectivity index (χ1n) is 6.87. The van der Waals surface area contributed by atoms with E-state index in [2.05, 4.69) is 5.32 Å². The second-order valence-electron chi connectivity index (χ2n) is 3.40. The lowest BCUT2D eigenvalue weighted by Crippen LogP contribution is -2.43. The summed E-state index contributed by atoms with van der Waals surface area (Å²) in [5.41, 5.74) is 5.21. The lowest BCUT2D eigenvalue weighted by atomic mass is 10.1. The second kappa shape index (κ2) is 12.7. The van der Waals surface area contributed by atoms with Gasteiger partial charge in [-0.05, 0) is 12.1 Å². The van der Waals surface area contributed by atoms with Crippen molar-refractivity contribution >= 4 is 17.8 Å². The Balaban J connectivity index is 0. The molecule has 118 valence electrons. The van der Waals surface area contributed by atoms with E-state index in [1.807, 2.05) is 27.7 Å². The molecule has 0 aliphatic carbocycles. The molecule has 0 aromatic heterocycles. The topological polar surface area (TPSA) is 109 Å². The summed E-state index contributed by atoms with van der Waals surface area (Å²) in [5.74, 6) is -2.64. The zero-order chi connectivity index (χ0) is 16.8. The standard InChI is InChI=1S/C11H12N2O4.2C2H6/c12-9(14)6-8(11(16)17)13-10(15)7-4-2-1-3-5-7;2*1-2/h1-5,8H,6H2,(H2,12,14)(H,13,15)(H,16,17);2*1-2H3/t8-;;/m0../s1. The highest BCUT2D eigenvalue weighted by molar-refractivity contribution is 5.97. The fourth-order valence-corrected chi connectivity index (χ4v) is 1.23. The van der Waals surface area contributed by atoms with Crippen molar-refractivity contribution in [1.29, 1.82) is 0 Å². The van der Waals surface area contributed by atoms with E-state index in [9.17, 15) is 14.4 Å². The molecule has 0 bridgehead atoms. The van der Waals surface area contributed by atoms with Crippen LogP contribution in [0.5, 0.6) is 0 Å². The second-order valence-corrected chi connectivity index (χ2v) is 3.40. The van der Waals surface area contributed by atoms with E-state index in [4.69, 9.17) is 10.8 Å². The molecule has 4 N–H and O–H groups in total. The summed E-state index contributed by atoms with van der Waals surface area (Å²) in [7, 11) is 0. The number of carbonyl (C=O) groups excluding carboxylic acids is 2. The van der Waals surface area contributed by atoms with Gasteiger partial charge in [0.25, 0.3) is 5.91 Å². The van der Waals surface area contributed by atoms with Crippen molar-refractivity contribution < 1.29 is 19.5 Å². The smallest absolute Gasteiger partial charge is 0.326 e. The van der Waals surface area contributed by atoms with Crippen LogP contribution in [0.1, 0.15) is 44.5 Å². The van der Waals surface area contributed by atoms with Crippen molar-refractivity contribution in [3.8, 4) is 0 Å². The molecule has 0 heterocycles. The summed E-state index contributed by atoms with van der Waals surface area (Å²) in [5, 5.41) is 11.0. The largest absolute Gasteiger partial charge is 0.480 e. The molecule has 2 amide bonds. The van der Waals surface area contributed by atoms with Crippen molar-refractivity contribution in [2.75, 3.05) is 0 Å². The lowest BCUT2D eigenvalue weighted by molar-refractivity contribution is -0.140. The predicted molar refractivity (Wildman–Crippen MR) is 81.8 cm³/mol. The van der Waals surface area contributed by atoms with E-state index < -0.39 is 30.2 Å². The Labute approximate surface area is 125 Å². The Kier molecular flexibility index (Phi) is 12.6. The van der Waals surface area contributed by atoms with Crippen molar-refractivity contribution in [1.82, 2.24) is 5.32 Å². The number of carbonyl (C=O) groups is 3. The van der Waals surface area contributed by atoms with Crippen molar-refractivity contribution in [3.05, 3.63) is 35.9 Å². The Bertz CT molecular complexity index is 433. The molecule has 1 aromatic carbocycles. The minimum Gasteiger partial charge on any atom is -0.480 e. The average molecular weight is 296 g/mol. The molecular weight excluding hydrogens is 272 g/mol. The molecule has 0 saturated carbocycles. The third kappa shape index (κ3) is 9.21. The van der Waals surface area contributed by atoms with E-state index >= 15 is 0 Å². The number of carboxylic acids is 1. The van der Waals surface area contributed by atoms with Gasteiger partial charge in [-0.25, -0.2) is 4.79 Å². The summed E-state index contributed by atoms with van der Waals surface area (Å²) in [6.07, 6.45) is -0.437. The van der Waals surface area contributed by atoms with E-state index in [0.717, 1.165) is 0 Å². The van der Waals surface area contributed by atoms with Gasteiger partial charge in [0.15, 0.2) is 0 Å². The predicted octanol–water partition coefficient (Wildman–Crippen LogP) is 1.80. The quantitative estimate of drug-likeness (QED) is 0.769. The zero-order valence-electron chi connectivity index (χ0n) is 12.9. The fraction of sp³-hybridized carbons (Fsp3) is 0.400. The maximum Gasteiger partial charge on any atom is 0.326 e. The highest BCUT2D eigenvalue weighted by atomic mass is 16.4. The van der Waals surface area contributed by atoms with Crippen LogP contribution in [0, 0.1) is 0 Å². The monoisotopic (exact) mass is 296 g/mol. The van der Waals surface area contributed by atoms with Gasteiger partial charge in [-0.3, -0.25) is 9.59 Å². The van der Waals surface area contributed by atoms with Crippen LogP contribution >= 0.6 is 0 Å². The van der Waals surface area contributed by atoms with E-state index in [-0.39, 0.29) is 0 Å². The molecule has 6 heteroatoms. The first kappa shape index (κ1) is 20.9. The number of hydrogen-bond donors (Lipinski definition) is 3. The van der Waals surface area contributed by atoms with Crippen molar-refractivity contribution in [3.63, 3.8) is 0 Å². The number of hydrogen-bond acceptors (Lipinski definition) is 3. The van der Waals surface area contributed by atoms with Gasteiger partial charge in [0.1, 0.15) is 6.04 Å². The maximum atomic E-state index is 11.6. The van der Waals surface area contributed by atoms with Crippen molar-refractivity contribution in [2.45, 2.75) is 40.2 Å². The van der Waals surface area contributed by atoms with Gasteiger partial charge in [0.2, 0.25) is 5.91 Å². The molecule has 0 aliphatic heterocycles. The van der Waals surface area contributed by atoms with Gasteiger partial charge < -0.3 is 16.2 Å². The summed E-state index contributed by atoms with van der Waals surface area (Å²) >= 11 is 0. The summed E-state index contributed by atoms with van der Waals surface area (Å²) in [4.78, 5) is 33.0. The van der Waals surface area contributed by atoms with Crippen LogP contribution in [0.3, 0.4) is 0 Å². The lowest BCUT2D eigenvalue weighted by Gasteiger charge is -2.12. The van der Waals surface area contributed by atoms with E-state index in [1.165, 1.54) is 0 Å². The third-order valence-corrected chi connectivity index (χ3v) is 2.04. The first-order valence-corrected chi connectivity index (χ1v) is 6.87. The number of primary amides is 1. The normalized spacial score (nSPS) is 9.90. The molecule has 0 spiro atoms. The Morgan fingerprint density at radius 1 is 1.10 bits per heavy atom. The number of aliphatic carboxylic acids is 1. The molecule has 0 aliphatic rings. The molecule has 0 unspecified atom stereocenters. The summed E-state index contributed by atoms with van der Waals surface area (Å²) < 4.78 is 0. The Hall–Kier alpha value is -2.37. The summed E-state index contributed by atoms with van der Waals surface area (Å²) in [6.45, 7) is 8.00. The number of nitrogens with two attached hydrogens (primary N) is 1. The summed E-state index contributed by atoms with van der Waals surface area (Å²) in [6, 6.07) is 6.81. The van der Waals surface area contributed by atoms with E-state index in [0.29, 0.717) is 5.56 Å². The van der Waals surface area contributed by atoms with Crippen LogP contribution in [-0.4, -0.2) is 28.9 Å². The molecule has 1 aromatic rings. The number of nitrogens with one attached hydrogen (secondary N) is 1. The average Bonchev–Trinajstić information content (AvgIpc) is 2.51. The van der Waals surface area contributed by atoms with Crippen LogP contribution in [-0.2, 0) is 9.59 Å². The Morgan fingerprint density at radius 2 is 1.57 bits per heavy atom. The number of rotatable bonds is 5. The Morgan fingerprint density at radius 3 is 1.95 bits per heavy atom. The number of benzene rings is 1.